The predicted octanol–water partition coefficient (Wildman–Crippen LogP) is 13.1. The highest BCUT2D eigenvalue weighted by molar-refractivity contribution is 5.71. The van der Waals surface area contributed by atoms with Gasteiger partial charge in [-0.2, -0.15) is 0 Å². The zero-order valence-corrected chi connectivity index (χ0v) is 84.4. The van der Waals surface area contributed by atoms with Gasteiger partial charge < -0.3 is 77.8 Å². The summed E-state index contributed by atoms with van der Waals surface area (Å²) >= 11 is 0. The lowest BCUT2D eigenvalue weighted by molar-refractivity contribution is 0.214. The van der Waals surface area contributed by atoms with Gasteiger partial charge >= 0.3 is 0 Å². The van der Waals surface area contributed by atoms with Crippen molar-refractivity contribution in [2.75, 3.05) is 207 Å². The van der Waals surface area contributed by atoms with Gasteiger partial charge in [0.25, 0.3) is 27.8 Å². The molecule has 0 bridgehead atoms. The van der Waals surface area contributed by atoms with Gasteiger partial charge in [-0.15, -0.1) is 0 Å². The minimum Gasteiger partial charge on any atom is -0.494 e. The van der Waals surface area contributed by atoms with Crippen molar-refractivity contribution in [2.24, 2.45) is 29.6 Å². The van der Waals surface area contributed by atoms with Crippen molar-refractivity contribution in [2.45, 2.75) is 57.3 Å². The van der Waals surface area contributed by atoms with Crippen LogP contribution in [0.3, 0.4) is 0 Å². The van der Waals surface area contributed by atoms with E-state index in [-0.39, 0.29) is 63.2 Å². The average Bonchev–Trinajstić information content (AvgIpc) is 1.66. The Balaban J connectivity index is 0.000000116. The van der Waals surface area contributed by atoms with Crippen molar-refractivity contribution in [3.05, 3.63) is 294 Å². The third-order valence-corrected chi connectivity index (χ3v) is 30.1. The molecule has 8 aliphatic heterocycles. The van der Waals surface area contributed by atoms with Gasteiger partial charge in [0.15, 0.2) is 57.8 Å². The van der Waals surface area contributed by atoms with E-state index in [1.165, 1.54) is 112 Å². The second-order valence-electron chi connectivity index (χ2n) is 39.8. The van der Waals surface area contributed by atoms with Gasteiger partial charge in [-0.1, -0.05) is 12.1 Å². The first-order chi connectivity index (χ1) is 70.9. The largest absolute Gasteiger partial charge is 0.494 e. The molecule has 15 aromatic rings. The molecular formula is C111H121F5N20O11. The third kappa shape index (κ3) is 21.5. The maximum absolute atomic E-state index is 14.1. The van der Waals surface area contributed by atoms with E-state index in [4.69, 9.17) is 28.8 Å². The Labute approximate surface area is 846 Å². The number of aliphatic hydroxyl groups is 1. The van der Waals surface area contributed by atoms with E-state index in [0.29, 0.717) is 139 Å². The number of likely N-dealkylation sites (N-methyl/N-ethyl adjacent to an activating group) is 3. The summed E-state index contributed by atoms with van der Waals surface area (Å²) in [5.74, 6) is 3.17. The number of likely N-dealkylation sites (tertiary alicyclic amines) is 3. The fourth-order valence-electron chi connectivity index (χ4n) is 21.7. The number of aromatic nitrogens is 10. The number of hydrogen-bond acceptors (Lipinski definition) is 26. The van der Waals surface area contributed by atoms with Crippen LogP contribution in [0.15, 0.2) is 237 Å². The maximum atomic E-state index is 14.1. The molecule has 8 atom stereocenters. The van der Waals surface area contributed by atoms with Crippen LogP contribution < -0.4 is 76.0 Å². The molecule has 0 radical (unpaired) electrons. The number of fused-ring (bicyclic) bond motifs is 8. The van der Waals surface area contributed by atoms with E-state index in [0.717, 1.165) is 139 Å². The van der Waals surface area contributed by atoms with Crippen LogP contribution in [-0.2, 0) is 0 Å². The molecule has 766 valence electrons. The molecule has 18 heterocycles. The van der Waals surface area contributed by atoms with Gasteiger partial charge in [-0.25, -0.2) is 46.9 Å². The van der Waals surface area contributed by atoms with E-state index in [1.54, 1.807) is 104 Å². The predicted molar refractivity (Wildman–Crippen MR) is 561 cm³/mol. The summed E-state index contributed by atoms with van der Waals surface area (Å²) in [5.41, 5.74) is 10.8. The Kier molecular flexibility index (Phi) is 29.6. The van der Waals surface area contributed by atoms with Crippen molar-refractivity contribution in [3.8, 4) is 84.8 Å². The van der Waals surface area contributed by atoms with Crippen LogP contribution in [0.25, 0.3) is 84.3 Å². The highest BCUT2D eigenvalue weighted by atomic mass is 19.1. The van der Waals surface area contributed by atoms with Gasteiger partial charge in [0, 0.05) is 200 Å². The van der Waals surface area contributed by atoms with Crippen LogP contribution >= 0.6 is 0 Å². The van der Waals surface area contributed by atoms with Crippen LogP contribution in [-0.4, -0.2) is 283 Å². The number of ether oxygens (including phenoxy) is 5. The Morgan fingerprint density at radius 1 is 0.333 bits per heavy atom. The van der Waals surface area contributed by atoms with Gasteiger partial charge in [-0.3, -0.25) is 46.0 Å². The molecular weight excluding hydrogens is 1880 g/mol. The molecule has 31 nitrogen and oxygen atoms in total. The van der Waals surface area contributed by atoms with Crippen LogP contribution in [0.2, 0.25) is 0 Å². The first-order valence-corrected chi connectivity index (χ1v) is 49.7. The molecule has 10 aromatic heterocycles. The van der Waals surface area contributed by atoms with Crippen molar-refractivity contribution >= 4 is 56.9 Å². The molecule has 23 rings (SSSR count). The Hall–Kier alpha value is -14.7. The van der Waals surface area contributed by atoms with E-state index < -0.39 is 29.1 Å². The summed E-state index contributed by atoms with van der Waals surface area (Å²) in [7, 11) is 17.6. The van der Waals surface area contributed by atoms with Gasteiger partial charge in [0.2, 0.25) is 0 Å². The molecule has 147 heavy (non-hydrogen) atoms. The molecule has 0 saturated carbocycles. The number of pyridine rings is 5. The number of nitrogens with zero attached hydrogens (tertiary/aromatic N) is 20. The molecule has 0 aliphatic carbocycles. The fraction of sp³-hybridized carbons (Fsp3) is 0.369. The number of rotatable bonds is 20. The molecule has 8 fully saturated rings. The topological polar surface area (TPSA) is 271 Å². The van der Waals surface area contributed by atoms with Gasteiger partial charge in [0.1, 0.15) is 39.9 Å². The van der Waals surface area contributed by atoms with Crippen molar-refractivity contribution in [1.82, 2.24) is 71.4 Å². The third-order valence-electron chi connectivity index (χ3n) is 30.1. The van der Waals surface area contributed by atoms with E-state index in [2.05, 4.69) is 123 Å². The lowest BCUT2D eigenvalue weighted by atomic mass is 10.0. The zero-order chi connectivity index (χ0) is 103. The standard InChI is InChI=1S/C24H27FN4O2.C23H25FN4O3.C22H23FN4O2.2C21H23FN4O2/c1-15(2)27-10-17-12-28(13-18(17)11-27)19-5-7-23-26-21(9-24(30)29(23)14-19)16-4-6-22(31-3)20(25)8-16;1-31-21-4-2-15(8-19(21)24)20-9-23(30)28-14-18(3-5-22(28)25-20)27-12-16-10-26(6-7-29)11-17(16)13-27;1-25-8-7-15-11-26(13-19(15)25)16-4-6-21-24-18(10-22(28)27(21)12-16)14-3-5-20(29-2)17(23)9-14;2*1-24(2)16-8-9-25(13-16)20-11-21(27)26-12-15(5-7-19(26)23-20)14-4-6-18(28-3)17(22)10-14/h4-9,14-15,17-18H,10-13H2,1-3H3;2-5,8-9,14,16-17,29H,6-7,10-13H2,1H3;3-6,9-10,12,15,19H,7-8,11,13H2,1-2H3;2*4-7,10-12,16H,8-9,13H2,1-3H3/t17-,18+;16-,17+;15-,19+;2*16-/m..010/s1. The van der Waals surface area contributed by atoms with Crippen molar-refractivity contribution in [3.63, 3.8) is 0 Å². The quantitative estimate of drug-likeness (QED) is 0.0694. The minimum absolute atomic E-state index is 0.149. The smallest absolute Gasteiger partial charge is 0.259 e. The first-order valence-electron chi connectivity index (χ1n) is 49.7. The summed E-state index contributed by atoms with van der Waals surface area (Å²) in [6.45, 7) is 20.4. The highest BCUT2D eigenvalue weighted by Gasteiger charge is 2.44. The lowest BCUT2D eigenvalue weighted by Crippen LogP contribution is -2.33. The van der Waals surface area contributed by atoms with E-state index in [1.807, 2.05) is 67.1 Å². The number of methoxy groups -OCH3 is 5. The second-order valence-corrected chi connectivity index (χ2v) is 39.8. The van der Waals surface area contributed by atoms with E-state index >= 15 is 0 Å². The molecule has 8 saturated heterocycles. The summed E-state index contributed by atoms with van der Waals surface area (Å²) in [4.78, 5) is 110. The monoisotopic (exact) mass is 2000 g/mol. The molecule has 5 aromatic carbocycles. The van der Waals surface area contributed by atoms with Crippen LogP contribution in [0.4, 0.5) is 50.6 Å². The van der Waals surface area contributed by atoms with Crippen LogP contribution in [0.1, 0.15) is 33.1 Å². The molecule has 8 aliphatic rings. The molecule has 1 N–H and O–H groups in total. The van der Waals surface area contributed by atoms with Gasteiger partial charge in [0.05, 0.1) is 76.3 Å². The summed E-state index contributed by atoms with van der Waals surface area (Å²) in [6, 6.07) is 51.7. The lowest BCUT2D eigenvalue weighted by Gasteiger charge is -2.25. The molecule has 0 unspecified atom stereocenters. The van der Waals surface area contributed by atoms with Crippen molar-refractivity contribution in [1.29, 1.82) is 0 Å². The first kappa shape index (κ1) is 101. The molecule has 0 amide bonds. The average molecular weight is 2010 g/mol. The molecule has 0 spiro atoms. The second kappa shape index (κ2) is 43.2. The molecule has 36 heteroatoms. The SMILES string of the molecule is COc1ccc(-c2cc(=O)n3cc(N4C[C@@H]5CCN(C)[C@@H]5C4)ccc3n2)cc1F.COc1ccc(-c2cc(=O)n3cc(N4C[C@@H]5CN(C(C)C)C[C@@H]5C4)ccc3n2)cc1F.COc1ccc(-c2cc(=O)n3cc(N4C[C@H]5CN(CCO)C[C@H]5C4)ccc3n2)cc1F.COc1ccc(-c2ccc3nc(N4CC[C@@H](N(C)C)C4)cc(=O)n3c2)cc1F.COc1ccc(-c2ccc3nc(N4CC[C@H](N(C)C)C4)cc(=O)n3c2)cc1F. The number of benzene rings is 5. The summed E-state index contributed by atoms with van der Waals surface area (Å²) < 4.78 is 103. The Morgan fingerprint density at radius 3 is 0.966 bits per heavy atom. The fourth-order valence-corrected chi connectivity index (χ4v) is 21.7. The minimum atomic E-state index is -0.491. The zero-order valence-electron chi connectivity index (χ0n) is 84.4. The van der Waals surface area contributed by atoms with Crippen molar-refractivity contribution < 1.29 is 50.7 Å². The number of halogens is 5. The van der Waals surface area contributed by atoms with Gasteiger partial charge in [-0.05, 0) is 266 Å². The summed E-state index contributed by atoms with van der Waals surface area (Å²) in [5, 5.41) is 9.16. The Bertz CT molecular complexity index is 7560. The van der Waals surface area contributed by atoms with Crippen LogP contribution in [0.5, 0.6) is 28.7 Å². The summed E-state index contributed by atoms with van der Waals surface area (Å²) in [6.07, 6.45) is 12.3. The number of hydrogen-bond donors (Lipinski definition) is 1. The number of β-amino-alcohol motifs (C(OH)–C–C–N with tert-alkyl or cyclic N) is 1. The Morgan fingerprint density at radius 2 is 0.639 bits per heavy atom. The number of anilines is 5. The van der Waals surface area contributed by atoms with E-state index in [9.17, 15) is 45.9 Å². The number of aliphatic hydroxyl groups excluding tert-OH is 1. The van der Waals surface area contributed by atoms with Crippen LogP contribution in [0, 0.1) is 58.7 Å². The normalized spacial score (nSPS) is 19.6. The highest BCUT2D eigenvalue weighted by Crippen LogP contribution is 2.40. The maximum Gasteiger partial charge on any atom is 0.259 e.